The minimum absolute atomic E-state index is 0.00702. The molecule has 0 N–H and O–H groups in total. The first-order valence-electron chi connectivity index (χ1n) is 7.70. The maximum atomic E-state index is 12.6. The zero-order chi connectivity index (χ0) is 17.1. The van der Waals surface area contributed by atoms with Crippen LogP contribution in [0, 0.1) is 6.92 Å². The normalized spacial score (nSPS) is 12.1. The third-order valence-electron chi connectivity index (χ3n) is 4.14. The number of nitrogens with zero attached hydrogens (tertiary/aromatic N) is 3. The molecule has 0 spiro atoms. The van der Waals surface area contributed by atoms with Crippen molar-refractivity contribution < 1.29 is 9.21 Å². The Balaban J connectivity index is 1.73. The van der Waals surface area contributed by atoms with E-state index in [-0.39, 0.29) is 18.4 Å². The van der Waals surface area contributed by atoms with E-state index in [2.05, 4.69) is 9.97 Å². The van der Waals surface area contributed by atoms with Gasteiger partial charge in [0.15, 0.2) is 0 Å². The molecule has 3 heterocycles. The topological polar surface area (TPSA) is 59.2 Å². The highest BCUT2D eigenvalue weighted by Gasteiger charge is 2.21. The van der Waals surface area contributed by atoms with Crippen molar-refractivity contribution in [1.82, 2.24) is 14.9 Å². The lowest BCUT2D eigenvalue weighted by Gasteiger charge is -2.25. The second-order valence-electron chi connectivity index (χ2n) is 5.67. The van der Waals surface area contributed by atoms with E-state index >= 15 is 0 Å². The molecule has 0 aliphatic heterocycles. The number of pyridine rings is 1. The monoisotopic (exact) mass is 341 g/mol. The predicted octanol–water partition coefficient (Wildman–Crippen LogP) is 3.87. The molecule has 0 aromatic carbocycles. The summed E-state index contributed by atoms with van der Waals surface area (Å²) < 4.78 is 5.70. The largest absolute Gasteiger partial charge is 0.441 e. The minimum atomic E-state index is -0.0240. The Hall–Kier alpha value is -2.47. The fraction of sp³-hybridized carbons (Fsp3) is 0.278. The van der Waals surface area contributed by atoms with Crippen LogP contribution >= 0.6 is 11.3 Å². The van der Waals surface area contributed by atoms with Gasteiger partial charge in [0.05, 0.1) is 18.2 Å². The van der Waals surface area contributed by atoms with E-state index in [0.29, 0.717) is 17.3 Å². The molecule has 0 bridgehead atoms. The Labute approximate surface area is 145 Å². The van der Waals surface area contributed by atoms with Crippen LogP contribution in [0.25, 0.3) is 11.5 Å². The zero-order valence-electron chi connectivity index (χ0n) is 13.9. The second kappa shape index (κ2) is 6.97. The molecule has 3 aromatic heterocycles. The van der Waals surface area contributed by atoms with Crippen LogP contribution in [0.4, 0.5) is 0 Å². The summed E-state index contributed by atoms with van der Waals surface area (Å²) in [5, 5.41) is 3.96. The van der Waals surface area contributed by atoms with E-state index < -0.39 is 0 Å². The molecule has 0 aliphatic rings. The van der Waals surface area contributed by atoms with Crippen LogP contribution in [0.2, 0.25) is 0 Å². The Morgan fingerprint density at radius 3 is 2.75 bits per heavy atom. The molecule has 0 saturated heterocycles. The van der Waals surface area contributed by atoms with Gasteiger partial charge in [-0.05, 0) is 43.0 Å². The molecule has 1 atom stereocenters. The molecule has 24 heavy (non-hydrogen) atoms. The SMILES string of the molecule is Cc1oc(-c2ccsc2)nc1CC(=O)N(C)[C@@H](C)c1ccncc1. The number of likely N-dealkylation sites (N-methyl/N-ethyl adjacent to an activating group) is 1. The molecule has 3 rings (SSSR count). The number of amides is 1. The second-order valence-corrected chi connectivity index (χ2v) is 6.45. The molecule has 3 aromatic rings. The quantitative estimate of drug-likeness (QED) is 0.707. The average Bonchev–Trinajstić information content (AvgIpc) is 3.24. The molecule has 0 unspecified atom stereocenters. The van der Waals surface area contributed by atoms with Crippen molar-refractivity contribution in [1.29, 1.82) is 0 Å². The van der Waals surface area contributed by atoms with Crippen LogP contribution in [0.1, 0.15) is 30.0 Å². The van der Waals surface area contributed by atoms with Gasteiger partial charge in [-0.1, -0.05) is 0 Å². The van der Waals surface area contributed by atoms with Gasteiger partial charge < -0.3 is 9.32 Å². The highest BCUT2D eigenvalue weighted by atomic mass is 32.1. The number of aromatic nitrogens is 2. The van der Waals surface area contributed by atoms with Crippen LogP contribution in [0.3, 0.4) is 0 Å². The number of aryl methyl sites for hydroxylation is 1. The highest BCUT2D eigenvalue weighted by Crippen LogP contribution is 2.25. The van der Waals surface area contributed by atoms with Crippen LogP contribution in [-0.4, -0.2) is 27.8 Å². The van der Waals surface area contributed by atoms with Crippen molar-refractivity contribution in [2.24, 2.45) is 0 Å². The molecule has 0 aliphatic carbocycles. The summed E-state index contributed by atoms with van der Waals surface area (Å²) in [7, 11) is 1.81. The fourth-order valence-corrected chi connectivity index (χ4v) is 3.08. The third kappa shape index (κ3) is 3.38. The molecule has 0 fully saturated rings. The fourth-order valence-electron chi connectivity index (χ4n) is 2.45. The first-order chi connectivity index (χ1) is 11.6. The van der Waals surface area contributed by atoms with E-state index in [4.69, 9.17) is 4.42 Å². The number of hydrogen-bond acceptors (Lipinski definition) is 5. The molecular weight excluding hydrogens is 322 g/mol. The summed E-state index contributed by atoms with van der Waals surface area (Å²) in [6, 6.07) is 5.78. The van der Waals surface area contributed by atoms with Gasteiger partial charge in [-0.15, -0.1) is 0 Å². The first-order valence-corrected chi connectivity index (χ1v) is 8.65. The van der Waals surface area contributed by atoms with E-state index in [0.717, 1.165) is 11.1 Å². The van der Waals surface area contributed by atoms with Gasteiger partial charge in [-0.3, -0.25) is 9.78 Å². The van der Waals surface area contributed by atoms with Gasteiger partial charge >= 0.3 is 0 Å². The highest BCUT2D eigenvalue weighted by molar-refractivity contribution is 7.08. The van der Waals surface area contributed by atoms with E-state index in [1.54, 1.807) is 28.6 Å². The van der Waals surface area contributed by atoms with Crippen molar-refractivity contribution in [2.75, 3.05) is 7.05 Å². The van der Waals surface area contributed by atoms with Crippen LogP contribution < -0.4 is 0 Å². The lowest BCUT2D eigenvalue weighted by atomic mass is 10.1. The van der Waals surface area contributed by atoms with Gasteiger partial charge in [-0.25, -0.2) is 4.98 Å². The maximum absolute atomic E-state index is 12.6. The molecule has 6 heteroatoms. The van der Waals surface area contributed by atoms with Crippen molar-refractivity contribution in [3.8, 4) is 11.5 Å². The predicted molar refractivity (Wildman–Crippen MR) is 93.7 cm³/mol. The molecule has 1 amide bonds. The number of rotatable bonds is 5. The van der Waals surface area contributed by atoms with E-state index in [9.17, 15) is 4.79 Å². The number of carbonyl (C=O) groups excluding carboxylic acids is 1. The van der Waals surface area contributed by atoms with Gasteiger partial charge in [0.25, 0.3) is 0 Å². The molecule has 124 valence electrons. The zero-order valence-corrected chi connectivity index (χ0v) is 14.7. The molecular formula is C18H19N3O2S. The molecule has 0 radical (unpaired) electrons. The van der Waals surface area contributed by atoms with Crippen molar-refractivity contribution >= 4 is 17.2 Å². The third-order valence-corrected chi connectivity index (χ3v) is 4.83. The first kappa shape index (κ1) is 16.4. The summed E-state index contributed by atoms with van der Waals surface area (Å²) in [5.41, 5.74) is 2.69. The number of carbonyl (C=O) groups is 1. The number of oxazole rings is 1. The molecule has 5 nitrogen and oxygen atoms in total. The van der Waals surface area contributed by atoms with E-state index in [1.807, 2.05) is 49.9 Å². The average molecular weight is 341 g/mol. The Bertz CT molecular complexity index is 812. The van der Waals surface area contributed by atoms with Gasteiger partial charge in [-0.2, -0.15) is 11.3 Å². The smallest absolute Gasteiger partial charge is 0.228 e. The summed E-state index contributed by atoms with van der Waals surface area (Å²) in [6.45, 7) is 3.84. The standard InChI is InChI=1S/C18H19N3O2S/c1-12(14-4-7-19-8-5-14)21(3)17(22)10-16-13(2)23-18(20-16)15-6-9-24-11-15/h4-9,11-12H,10H2,1-3H3/t12-/m0/s1. The number of thiophene rings is 1. The van der Waals surface area contributed by atoms with Crippen LogP contribution in [0.5, 0.6) is 0 Å². The Kier molecular flexibility index (Phi) is 4.76. The van der Waals surface area contributed by atoms with Gasteiger partial charge in [0, 0.05) is 30.4 Å². The molecule has 0 saturated carbocycles. The van der Waals surface area contributed by atoms with Gasteiger partial charge in [0.1, 0.15) is 5.76 Å². The summed E-state index contributed by atoms with van der Waals surface area (Å²) in [4.78, 5) is 22.8. The van der Waals surface area contributed by atoms with Crippen LogP contribution in [0.15, 0.2) is 45.8 Å². The summed E-state index contributed by atoms with van der Waals surface area (Å²) in [5.74, 6) is 1.27. The Morgan fingerprint density at radius 1 is 1.33 bits per heavy atom. The lowest BCUT2D eigenvalue weighted by molar-refractivity contribution is -0.131. The van der Waals surface area contributed by atoms with Crippen LogP contribution in [-0.2, 0) is 11.2 Å². The van der Waals surface area contributed by atoms with Gasteiger partial charge in [0.2, 0.25) is 11.8 Å². The van der Waals surface area contributed by atoms with E-state index in [1.165, 1.54) is 0 Å². The number of hydrogen-bond donors (Lipinski definition) is 0. The summed E-state index contributed by atoms with van der Waals surface area (Å²) in [6.07, 6.45) is 3.70. The minimum Gasteiger partial charge on any atom is -0.441 e. The Morgan fingerprint density at radius 2 is 2.08 bits per heavy atom. The van der Waals surface area contributed by atoms with Crippen molar-refractivity contribution in [3.63, 3.8) is 0 Å². The van der Waals surface area contributed by atoms with Crippen molar-refractivity contribution in [2.45, 2.75) is 26.3 Å². The maximum Gasteiger partial charge on any atom is 0.228 e. The van der Waals surface area contributed by atoms with Crippen molar-refractivity contribution in [3.05, 3.63) is 58.4 Å². The lowest BCUT2D eigenvalue weighted by Crippen LogP contribution is -2.31. The summed E-state index contributed by atoms with van der Waals surface area (Å²) >= 11 is 1.59.